The van der Waals surface area contributed by atoms with Gasteiger partial charge in [0.1, 0.15) is 0 Å². The Bertz CT molecular complexity index is 524. The van der Waals surface area contributed by atoms with Crippen molar-refractivity contribution in [1.29, 1.82) is 0 Å². The lowest BCUT2D eigenvalue weighted by atomic mass is 10.1. The third-order valence-corrected chi connectivity index (χ3v) is 2.58. The molecule has 0 unspecified atom stereocenters. The van der Waals surface area contributed by atoms with Gasteiger partial charge in [-0.3, -0.25) is 4.79 Å². The number of hydrogen-bond acceptors (Lipinski definition) is 3. The zero-order chi connectivity index (χ0) is 15.4. The summed E-state index contributed by atoms with van der Waals surface area (Å²) in [4.78, 5) is 13.3. The highest BCUT2D eigenvalue weighted by Crippen LogP contribution is 2.16. The number of amides is 1. The van der Waals surface area contributed by atoms with Gasteiger partial charge in [0.25, 0.3) is 5.91 Å². The number of nitrogens with zero attached hydrogens (tertiary/aromatic N) is 2. The molecule has 0 spiro atoms. The summed E-state index contributed by atoms with van der Waals surface area (Å²) in [5, 5.41) is 11.2. The number of carbonyl (C=O) groups excluding carboxylic acids is 1. The Morgan fingerprint density at radius 2 is 1.85 bits per heavy atom. The van der Waals surface area contributed by atoms with Crippen molar-refractivity contribution < 1.29 is 23.2 Å². The van der Waals surface area contributed by atoms with Crippen LogP contribution in [0.2, 0.25) is 0 Å². The minimum Gasteiger partial charge on any atom is -0.409 e. The molecule has 20 heavy (non-hydrogen) atoms. The normalized spacial score (nSPS) is 11.8. The van der Waals surface area contributed by atoms with Gasteiger partial charge in [0.05, 0.1) is 6.54 Å². The van der Waals surface area contributed by atoms with Crippen LogP contribution in [0.15, 0.2) is 17.3 Å². The molecule has 0 aromatic heterocycles. The fraction of sp³-hybridized carbons (Fsp3) is 0.333. The van der Waals surface area contributed by atoms with E-state index in [9.17, 15) is 18.0 Å². The van der Waals surface area contributed by atoms with Crippen molar-refractivity contribution in [3.05, 3.63) is 35.1 Å². The number of rotatable bonds is 4. The van der Waals surface area contributed by atoms with E-state index >= 15 is 0 Å². The summed E-state index contributed by atoms with van der Waals surface area (Å²) in [7, 11) is 0. The summed E-state index contributed by atoms with van der Waals surface area (Å²) in [6, 6.07) is 0.823. The van der Waals surface area contributed by atoms with Gasteiger partial charge < -0.3 is 15.8 Å². The molecule has 0 aliphatic rings. The maximum absolute atomic E-state index is 13.1. The third-order valence-electron chi connectivity index (χ3n) is 2.58. The van der Waals surface area contributed by atoms with Crippen LogP contribution >= 0.6 is 0 Å². The second-order valence-corrected chi connectivity index (χ2v) is 4.37. The molecule has 0 fully saturated rings. The molecule has 0 radical (unpaired) electrons. The van der Waals surface area contributed by atoms with Crippen LogP contribution < -0.4 is 5.73 Å². The van der Waals surface area contributed by atoms with Crippen molar-refractivity contribution in [3.8, 4) is 0 Å². The first kappa shape index (κ1) is 15.8. The summed E-state index contributed by atoms with van der Waals surface area (Å²) in [6.45, 7) is 3.05. The van der Waals surface area contributed by atoms with Gasteiger partial charge >= 0.3 is 0 Å². The number of amidine groups is 1. The lowest BCUT2D eigenvalue weighted by molar-refractivity contribution is 0.0732. The number of nitrogens with two attached hydrogens (primary N) is 1. The number of benzene rings is 1. The Kier molecular flexibility index (Phi) is 4.95. The van der Waals surface area contributed by atoms with Gasteiger partial charge in [0.2, 0.25) is 0 Å². The van der Waals surface area contributed by atoms with Gasteiger partial charge in [-0.15, -0.1) is 0 Å². The van der Waals surface area contributed by atoms with Crippen molar-refractivity contribution in [1.82, 2.24) is 4.90 Å². The quantitative estimate of drug-likeness (QED) is 0.291. The Morgan fingerprint density at radius 1 is 1.35 bits per heavy atom. The van der Waals surface area contributed by atoms with Crippen molar-refractivity contribution in [2.24, 2.45) is 10.9 Å². The molecule has 110 valence electrons. The van der Waals surface area contributed by atoms with Crippen molar-refractivity contribution >= 4 is 11.7 Å². The Labute approximate surface area is 113 Å². The van der Waals surface area contributed by atoms with Crippen molar-refractivity contribution in [3.63, 3.8) is 0 Å². The van der Waals surface area contributed by atoms with E-state index in [1.807, 2.05) is 0 Å². The first-order valence-corrected chi connectivity index (χ1v) is 5.69. The van der Waals surface area contributed by atoms with E-state index in [0.717, 1.165) is 4.90 Å². The SMILES string of the molecule is CC(C)N(CC(N)=NO)C(=O)c1cc(F)c(F)c(F)c1. The van der Waals surface area contributed by atoms with E-state index in [1.54, 1.807) is 13.8 Å². The standard InChI is InChI=1S/C12H14F3N3O2/c1-6(2)18(5-10(16)17-20)12(19)7-3-8(13)11(15)9(14)4-7/h3-4,6,20H,5H2,1-2H3,(H2,16,17). The van der Waals surface area contributed by atoms with Crippen LogP contribution in [-0.2, 0) is 0 Å². The summed E-state index contributed by atoms with van der Waals surface area (Å²) < 4.78 is 39.1. The summed E-state index contributed by atoms with van der Waals surface area (Å²) in [5.41, 5.74) is 4.95. The van der Waals surface area contributed by atoms with E-state index in [-0.39, 0.29) is 24.0 Å². The fourth-order valence-corrected chi connectivity index (χ4v) is 1.54. The first-order chi connectivity index (χ1) is 9.27. The summed E-state index contributed by atoms with van der Waals surface area (Å²) in [5.74, 6) is -5.56. The minimum atomic E-state index is -1.64. The van der Waals surface area contributed by atoms with E-state index in [2.05, 4.69) is 5.16 Å². The number of halogens is 3. The molecule has 0 aliphatic carbocycles. The zero-order valence-corrected chi connectivity index (χ0v) is 10.9. The van der Waals surface area contributed by atoms with Crippen LogP contribution in [0.1, 0.15) is 24.2 Å². The molecule has 1 amide bonds. The summed E-state index contributed by atoms with van der Waals surface area (Å²) >= 11 is 0. The average molecular weight is 289 g/mol. The molecule has 1 rings (SSSR count). The van der Waals surface area contributed by atoms with E-state index < -0.39 is 23.4 Å². The van der Waals surface area contributed by atoms with Crippen molar-refractivity contribution in [2.75, 3.05) is 6.54 Å². The Hall–Kier alpha value is -2.25. The second kappa shape index (κ2) is 6.27. The van der Waals surface area contributed by atoms with Gasteiger partial charge in [0, 0.05) is 11.6 Å². The van der Waals surface area contributed by atoms with Crippen LogP contribution in [0.4, 0.5) is 13.2 Å². The molecule has 0 saturated heterocycles. The minimum absolute atomic E-state index is 0.229. The van der Waals surface area contributed by atoms with Crippen LogP contribution in [-0.4, -0.2) is 34.4 Å². The smallest absolute Gasteiger partial charge is 0.254 e. The fourth-order valence-electron chi connectivity index (χ4n) is 1.54. The zero-order valence-electron chi connectivity index (χ0n) is 10.9. The van der Waals surface area contributed by atoms with Crippen LogP contribution in [0, 0.1) is 17.5 Å². The molecule has 1 aromatic carbocycles. The molecule has 5 nitrogen and oxygen atoms in total. The predicted molar refractivity (Wildman–Crippen MR) is 65.9 cm³/mol. The number of oxime groups is 1. The third kappa shape index (κ3) is 3.40. The van der Waals surface area contributed by atoms with Crippen LogP contribution in [0.25, 0.3) is 0 Å². The molecule has 1 aromatic rings. The Morgan fingerprint density at radius 3 is 2.25 bits per heavy atom. The van der Waals surface area contributed by atoms with Gasteiger partial charge in [-0.25, -0.2) is 13.2 Å². The van der Waals surface area contributed by atoms with E-state index in [1.165, 1.54) is 0 Å². The number of hydrogen-bond donors (Lipinski definition) is 2. The lowest BCUT2D eigenvalue weighted by Crippen LogP contribution is -2.43. The maximum atomic E-state index is 13.1. The predicted octanol–water partition coefficient (Wildman–Crippen LogP) is 1.70. The highest BCUT2D eigenvalue weighted by Gasteiger charge is 2.23. The van der Waals surface area contributed by atoms with Gasteiger partial charge in [-0.1, -0.05) is 5.16 Å². The molecular weight excluding hydrogens is 275 g/mol. The van der Waals surface area contributed by atoms with E-state index in [0.29, 0.717) is 12.1 Å². The molecular formula is C12H14F3N3O2. The van der Waals surface area contributed by atoms with Crippen molar-refractivity contribution in [2.45, 2.75) is 19.9 Å². The monoisotopic (exact) mass is 289 g/mol. The highest BCUT2D eigenvalue weighted by atomic mass is 19.2. The van der Waals surface area contributed by atoms with Crippen LogP contribution in [0.5, 0.6) is 0 Å². The molecule has 3 N–H and O–H groups in total. The summed E-state index contributed by atoms with van der Waals surface area (Å²) in [6.07, 6.45) is 0. The lowest BCUT2D eigenvalue weighted by Gasteiger charge is -2.26. The Balaban J connectivity index is 3.13. The van der Waals surface area contributed by atoms with Gasteiger partial charge in [0.15, 0.2) is 23.3 Å². The maximum Gasteiger partial charge on any atom is 0.254 e. The molecule has 0 bridgehead atoms. The largest absolute Gasteiger partial charge is 0.409 e. The topological polar surface area (TPSA) is 78.9 Å². The average Bonchev–Trinajstić information content (AvgIpc) is 2.40. The second-order valence-electron chi connectivity index (χ2n) is 4.37. The molecule has 0 atom stereocenters. The molecule has 0 saturated carbocycles. The molecule has 8 heteroatoms. The molecule has 0 aliphatic heterocycles. The van der Waals surface area contributed by atoms with Gasteiger partial charge in [-0.2, -0.15) is 0 Å². The van der Waals surface area contributed by atoms with Crippen LogP contribution in [0.3, 0.4) is 0 Å². The first-order valence-electron chi connectivity index (χ1n) is 5.69. The highest BCUT2D eigenvalue weighted by molar-refractivity contribution is 5.97. The molecule has 0 heterocycles. The van der Waals surface area contributed by atoms with Gasteiger partial charge in [-0.05, 0) is 26.0 Å². The van der Waals surface area contributed by atoms with E-state index in [4.69, 9.17) is 10.9 Å². The number of carbonyl (C=O) groups is 1.